The number of carbonyl (C=O) groups is 2. The van der Waals surface area contributed by atoms with Gasteiger partial charge in [0.05, 0.1) is 24.6 Å². The summed E-state index contributed by atoms with van der Waals surface area (Å²) in [7, 11) is 0. The number of benzene rings is 2. The van der Waals surface area contributed by atoms with Crippen molar-refractivity contribution in [3.05, 3.63) is 53.8 Å². The summed E-state index contributed by atoms with van der Waals surface area (Å²) in [6, 6.07) is 10.5. The highest BCUT2D eigenvalue weighted by Crippen LogP contribution is 2.36. The summed E-state index contributed by atoms with van der Waals surface area (Å²) >= 11 is 0. The van der Waals surface area contributed by atoms with E-state index in [4.69, 9.17) is 9.47 Å². The normalized spacial score (nSPS) is 17.8. The van der Waals surface area contributed by atoms with Crippen molar-refractivity contribution in [1.29, 1.82) is 0 Å². The number of rotatable bonds is 4. The number of nitrogens with one attached hydrogen (secondary N) is 2. The fraction of sp³-hybridized carbons (Fsp3) is 0.300. The number of fused-ring (bicyclic) bond motifs is 1. The largest absolute Gasteiger partial charge is 0.479 e. The van der Waals surface area contributed by atoms with Crippen LogP contribution in [0, 0.1) is 5.82 Å². The molecule has 7 nitrogen and oxygen atoms in total. The van der Waals surface area contributed by atoms with Crippen LogP contribution in [0.5, 0.6) is 5.75 Å². The Morgan fingerprint density at radius 3 is 2.75 bits per heavy atom. The zero-order valence-corrected chi connectivity index (χ0v) is 15.1. The van der Waals surface area contributed by atoms with E-state index in [9.17, 15) is 14.0 Å². The number of anilines is 2. The molecule has 4 rings (SSSR count). The van der Waals surface area contributed by atoms with E-state index in [1.54, 1.807) is 30.3 Å². The van der Waals surface area contributed by atoms with E-state index < -0.39 is 11.9 Å². The monoisotopic (exact) mass is 385 g/mol. The number of amides is 2. The van der Waals surface area contributed by atoms with Gasteiger partial charge in [-0.2, -0.15) is 0 Å². The Morgan fingerprint density at radius 2 is 1.96 bits per heavy atom. The van der Waals surface area contributed by atoms with Crippen LogP contribution < -0.4 is 15.4 Å². The molecule has 2 aromatic rings. The predicted octanol–water partition coefficient (Wildman–Crippen LogP) is 2.17. The van der Waals surface area contributed by atoms with Gasteiger partial charge in [0, 0.05) is 13.1 Å². The van der Waals surface area contributed by atoms with Gasteiger partial charge in [-0.15, -0.1) is 0 Å². The van der Waals surface area contributed by atoms with Crippen LogP contribution in [-0.2, 0) is 14.3 Å². The van der Waals surface area contributed by atoms with E-state index in [0.717, 1.165) is 0 Å². The third kappa shape index (κ3) is 3.83. The Morgan fingerprint density at radius 1 is 1.18 bits per heavy atom. The average Bonchev–Trinajstić information content (AvgIpc) is 2.69. The Labute approximate surface area is 161 Å². The fourth-order valence-corrected chi connectivity index (χ4v) is 3.45. The maximum absolute atomic E-state index is 13.8. The summed E-state index contributed by atoms with van der Waals surface area (Å²) in [5.74, 6) is -0.537. The van der Waals surface area contributed by atoms with Crippen LogP contribution in [0.15, 0.2) is 42.5 Å². The van der Waals surface area contributed by atoms with Crippen molar-refractivity contribution in [1.82, 2.24) is 4.90 Å². The molecule has 2 heterocycles. The van der Waals surface area contributed by atoms with Crippen molar-refractivity contribution in [3.8, 4) is 5.75 Å². The number of hydrogen-bond acceptors (Lipinski definition) is 5. The van der Waals surface area contributed by atoms with Crippen molar-refractivity contribution in [2.24, 2.45) is 0 Å². The lowest BCUT2D eigenvalue weighted by Gasteiger charge is -2.34. The van der Waals surface area contributed by atoms with Crippen LogP contribution in [-0.4, -0.2) is 49.6 Å². The number of ether oxygens (including phenoxy) is 2. The molecule has 2 aromatic carbocycles. The summed E-state index contributed by atoms with van der Waals surface area (Å²) in [6.45, 7) is 2.03. The number of halogens is 1. The van der Waals surface area contributed by atoms with Gasteiger partial charge in [0.1, 0.15) is 11.9 Å². The van der Waals surface area contributed by atoms with Gasteiger partial charge in [0.15, 0.2) is 12.4 Å². The average molecular weight is 385 g/mol. The van der Waals surface area contributed by atoms with Gasteiger partial charge in [-0.3, -0.25) is 14.5 Å². The van der Waals surface area contributed by atoms with Gasteiger partial charge in [0.25, 0.3) is 5.91 Å². The number of para-hydroxylation sites is 1. The zero-order valence-electron chi connectivity index (χ0n) is 15.1. The molecule has 1 saturated heterocycles. The quantitative estimate of drug-likeness (QED) is 0.843. The molecule has 0 aromatic heterocycles. The molecule has 0 aliphatic carbocycles. The predicted molar refractivity (Wildman–Crippen MR) is 101 cm³/mol. The van der Waals surface area contributed by atoms with Crippen LogP contribution in [0.25, 0.3) is 0 Å². The minimum atomic E-state index is -0.673. The first-order valence-electron chi connectivity index (χ1n) is 9.05. The third-order valence-electron chi connectivity index (χ3n) is 4.72. The standard InChI is InChI=1S/C20H20FN3O4/c21-14-4-1-3-13(11-14)18(24-7-9-27-10-8-24)20(26)23-16-6-2-5-15-19(16)28-12-17(25)22-15/h1-6,11,18H,7-10,12H2,(H,22,25)(H,23,26). The highest BCUT2D eigenvalue weighted by molar-refractivity contribution is 6.01. The van der Waals surface area contributed by atoms with Crippen molar-refractivity contribution >= 4 is 23.2 Å². The van der Waals surface area contributed by atoms with Gasteiger partial charge in [-0.25, -0.2) is 4.39 Å². The first-order chi connectivity index (χ1) is 13.6. The summed E-state index contributed by atoms with van der Waals surface area (Å²) in [4.78, 5) is 26.7. The van der Waals surface area contributed by atoms with Gasteiger partial charge in [-0.1, -0.05) is 18.2 Å². The van der Waals surface area contributed by atoms with Crippen LogP contribution in [0.1, 0.15) is 11.6 Å². The molecule has 0 saturated carbocycles. The number of nitrogens with zero attached hydrogens (tertiary/aromatic N) is 1. The minimum absolute atomic E-state index is 0.114. The Kier molecular flexibility index (Phi) is 5.23. The van der Waals surface area contributed by atoms with E-state index in [-0.39, 0.29) is 18.4 Å². The lowest BCUT2D eigenvalue weighted by molar-refractivity contribution is -0.123. The Balaban J connectivity index is 1.63. The molecular formula is C20H20FN3O4. The van der Waals surface area contributed by atoms with Gasteiger partial charge in [-0.05, 0) is 29.8 Å². The summed E-state index contributed by atoms with van der Waals surface area (Å²) in [5, 5.41) is 5.59. The van der Waals surface area contributed by atoms with Gasteiger partial charge >= 0.3 is 0 Å². The number of carbonyl (C=O) groups excluding carboxylic acids is 2. The van der Waals surface area contributed by atoms with Crippen molar-refractivity contribution in [2.45, 2.75) is 6.04 Å². The molecule has 146 valence electrons. The van der Waals surface area contributed by atoms with Crippen molar-refractivity contribution < 1.29 is 23.5 Å². The zero-order chi connectivity index (χ0) is 19.5. The molecule has 2 amide bonds. The maximum Gasteiger partial charge on any atom is 0.262 e. The molecule has 2 aliphatic rings. The molecule has 8 heteroatoms. The van der Waals surface area contributed by atoms with E-state index in [2.05, 4.69) is 10.6 Å². The molecule has 28 heavy (non-hydrogen) atoms. The smallest absolute Gasteiger partial charge is 0.262 e. The Hall–Kier alpha value is -2.97. The van der Waals surface area contributed by atoms with E-state index in [1.165, 1.54) is 12.1 Å². The second kappa shape index (κ2) is 7.95. The molecule has 1 unspecified atom stereocenters. The maximum atomic E-state index is 13.8. The summed E-state index contributed by atoms with van der Waals surface area (Å²) < 4.78 is 24.7. The molecule has 0 radical (unpaired) electrons. The van der Waals surface area contributed by atoms with Crippen LogP contribution in [0.3, 0.4) is 0 Å². The molecule has 2 N–H and O–H groups in total. The van der Waals surface area contributed by atoms with Crippen LogP contribution in [0.4, 0.5) is 15.8 Å². The van der Waals surface area contributed by atoms with Crippen molar-refractivity contribution in [3.63, 3.8) is 0 Å². The SMILES string of the molecule is O=C1COc2c(cccc2NC(=O)C(c2cccc(F)c2)N2CCOCC2)N1. The molecular weight excluding hydrogens is 365 g/mol. The van der Waals surface area contributed by atoms with Crippen LogP contribution >= 0.6 is 0 Å². The van der Waals surface area contributed by atoms with E-state index >= 15 is 0 Å². The lowest BCUT2D eigenvalue weighted by Crippen LogP contribution is -2.44. The fourth-order valence-electron chi connectivity index (χ4n) is 3.45. The van der Waals surface area contributed by atoms with Gasteiger partial charge < -0.3 is 20.1 Å². The highest BCUT2D eigenvalue weighted by Gasteiger charge is 2.30. The highest BCUT2D eigenvalue weighted by atomic mass is 19.1. The third-order valence-corrected chi connectivity index (χ3v) is 4.72. The molecule has 1 fully saturated rings. The van der Waals surface area contributed by atoms with E-state index in [1.807, 2.05) is 4.90 Å². The van der Waals surface area contributed by atoms with Gasteiger partial charge in [0.2, 0.25) is 5.91 Å². The Bertz CT molecular complexity index is 899. The summed E-state index contributed by atoms with van der Waals surface area (Å²) in [6.07, 6.45) is 0. The first-order valence-corrected chi connectivity index (χ1v) is 9.05. The van der Waals surface area contributed by atoms with Crippen LogP contribution in [0.2, 0.25) is 0 Å². The van der Waals surface area contributed by atoms with Crippen molar-refractivity contribution in [2.75, 3.05) is 43.5 Å². The first kappa shape index (κ1) is 18.4. The lowest BCUT2D eigenvalue weighted by atomic mass is 10.0. The van der Waals surface area contributed by atoms with E-state index in [0.29, 0.717) is 49.0 Å². The minimum Gasteiger partial charge on any atom is -0.479 e. The second-order valence-corrected chi connectivity index (χ2v) is 6.61. The number of hydrogen-bond donors (Lipinski definition) is 2. The molecule has 0 bridgehead atoms. The molecule has 1 atom stereocenters. The molecule has 0 spiro atoms. The second-order valence-electron chi connectivity index (χ2n) is 6.61. The topological polar surface area (TPSA) is 79.9 Å². The molecule has 2 aliphatic heterocycles. The summed E-state index contributed by atoms with van der Waals surface area (Å²) in [5.41, 5.74) is 1.53. The number of morpholine rings is 1.